The number of amides is 1. The lowest BCUT2D eigenvalue weighted by atomic mass is 9.96. The average Bonchev–Trinajstić information content (AvgIpc) is 3.24. The number of pyridine rings is 1. The Morgan fingerprint density at radius 2 is 2.21 bits per heavy atom. The Balaban J connectivity index is 1.48. The number of benzene rings is 1. The van der Waals surface area contributed by atoms with Crippen LogP contribution in [0.3, 0.4) is 0 Å². The maximum absolute atomic E-state index is 12.5. The minimum absolute atomic E-state index is 0.0881. The molecule has 3 heterocycles. The fourth-order valence-corrected chi connectivity index (χ4v) is 3.55. The number of nitrogens with zero attached hydrogens (tertiary/aromatic N) is 4. The largest absolute Gasteiger partial charge is 0.338 e. The zero-order chi connectivity index (χ0) is 16.5. The van der Waals surface area contributed by atoms with Gasteiger partial charge in [-0.2, -0.15) is 5.10 Å². The number of rotatable bonds is 3. The summed E-state index contributed by atoms with van der Waals surface area (Å²) in [5.41, 5.74) is 3.03. The van der Waals surface area contributed by atoms with E-state index in [2.05, 4.69) is 28.3 Å². The first-order valence-corrected chi connectivity index (χ1v) is 8.31. The Hall–Kier alpha value is -2.69. The predicted octanol–water partition coefficient (Wildman–Crippen LogP) is 2.67. The third-order valence-electron chi connectivity index (χ3n) is 4.77. The van der Waals surface area contributed by atoms with Crippen LogP contribution in [0.4, 0.5) is 0 Å². The van der Waals surface area contributed by atoms with Gasteiger partial charge >= 0.3 is 0 Å². The van der Waals surface area contributed by atoms with E-state index < -0.39 is 0 Å². The van der Waals surface area contributed by atoms with Crippen LogP contribution in [0.25, 0.3) is 10.9 Å². The average molecular weight is 320 g/mol. The zero-order valence-electron chi connectivity index (χ0n) is 13.7. The van der Waals surface area contributed by atoms with Crippen LogP contribution in [0, 0.1) is 5.92 Å². The van der Waals surface area contributed by atoms with Crippen molar-refractivity contribution >= 4 is 16.8 Å². The van der Waals surface area contributed by atoms with Crippen molar-refractivity contribution in [2.45, 2.75) is 12.8 Å². The summed E-state index contributed by atoms with van der Waals surface area (Å²) in [6, 6.07) is 10.4. The second kappa shape index (κ2) is 6.07. The van der Waals surface area contributed by atoms with Crippen LogP contribution >= 0.6 is 0 Å². The standard InChI is InChI=1S/C19H20N4O/c1-22-13-16(11-21-22)19(24)23-9-7-14(12-23)10-15-4-2-6-18-17(15)5-3-8-20-18/h2-6,8,11,13-14H,7,9-10,12H2,1H3. The predicted molar refractivity (Wildman–Crippen MR) is 92.7 cm³/mol. The molecule has 0 aliphatic carbocycles. The van der Waals surface area contributed by atoms with E-state index in [4.69, 9.17) is 0 Å². The molecule has 0 bridgehead atoms. The van der Waals surface area contributed by atoms with Crippen molar-refractivity contribution in [1.29, 1.82) is 0 Å². The lowest BCUT2D eigenvalue weighted by Gasteiger charge is -2.16. The zero-order valence-corrected chi connectivity index (χ0v) is 13.7. The molecular formula is C19H20N4O. The van der Waals surface area contributed by atoms with Crippen LogP contribution in [0.15, 0.2) is 48.9 Å². The van der Waals surface area contributed by atoms with Crippen LogP contribution in [-0.2, 0) is 13.5 Å². The van der Waals surface area contributed by atoms with E-state index >= 15 is 0 Å². The van der Waals surface area contributed by atoms with Gasteiger partial charge in [-0.1, -0.05) is 18.2 Å². The number of aromatic nitrogens is 3. The number of hydrogen-bond acceptors (Lipinski definition) is 3. The van der Waals surface area contributed by atoms with Gasteiger partial charge in [0.05, 0.1) is 17.3 Å². The SMILES string of the molecule is Cn1cc(C(=O)N2CCC(Cc3cccc4ncccc34)C2)cn1. The Morgan fingerprint density at radius 1 is 1.29 bits per heavy atom. The van der Waals surface area contributed by atoms with Crippen LogP contribution in [0.1, 0.15) is 22.3 Å². The highest BCUT2D eigenvalue weighted by Gasteiger charge is 2.27. The van der Waals surface area contributed by atoms with Gasteiger partial charge in [0.2, 0.25) is 0 Å². The van der Waals surface area contributed by atoms with E-state index in [9.17, 15) is 4.79 Å². The molecular weight excluding hydrogens is 300 g/mol. The van der Waals surface area contributed by atoms with E-state index in [0.717, 1.165) is 31.4 Å². The molecule has 4 rings (SSSR count). The van der Waals surface area contributed by atoms with Gasteiger partial charge in [-0.05, 0) is 36.5 Å². The molecule has 1 atom stereocenters. The number of carbonyl (C=O) groups excluding carboxylic acids is 1. The highest BCUT2D eigenvalue weighted by atomic mass is 16.2. The molecule has 122 valence electrons. The van der Waals surface area contributed by atoms with Crippen molar-refractivity contribution in [3.05, 3.63) is 60.0 Å². The van der Waals surface area contributed by atoms with Gasteiger partial charge in [-0.15, -0.1) is 0 Å². The van der Waals surface area contributed by atoms with Gasteiger partial charge in [0, 0.05) is 37.9 Å². The van der Waals surface area contributed by atoms with E-state index in [-0.39, 0.29) is 5.91 Å². The van der Waals surface area contributed by atoms with Crippen molar-refractivity contribution in [1.82, 2.24) is 19.7 Å². The van der Waals surface area contributed by atoms with Crippen molar-refractivity contribution in [2.75, 3.05) is 13.1 Å². The smallest absolute Gasteiger partial charge is 0.257 e. The molecule has 1 aromatic carbocycles. The third kappa shape index (κ3) is 2.77. The van der Waals surface area contributed by atoms with Crippen LogP contribution in [0.2, 0.25) is 0 Å². The summed E-state index contributed by atoms with van der Waals surface area (Å²) in [7, 11) is 1.83. The van der Waals surface area contributed by atoms with Crippen LogP contribution in [0.5, 0.6) is 0 Å². The Morgan fingerprint density at radius 3 is 3.04 bits per heavy atom. The van der Waals surface area contributed by atoms with Gasteiger partial charge in [0.15, 0.2) is 0 Å². The normalized spacial score (nSPS) is 17.5. The fourth-order valence-electron chi connectivity index (χ4n) is 3.55. The van der Waals surface area contributed by atoms with E-state index in [1.54, 1.807) is 17.1 Å². The highest BCUT2D eigenvalue weighted by Crippen LogP contribution is 2.25. The van der Waals surface area contributed by atoms with E-state index in [1.807, 2.05) is 30.3 Å². The molecule has 5 nitrogen and oxygen atoms in total. The maximum atomic E-state index is 12.5. The number of fused-ring (bicyclic) bond motifs is 1. The van der Waals surface area contributed by atoms with Crippen LogP contribution in [-0.4, -0.2) is 38.7 Å². The van der Waals surface area contributed by atoms with E-state index in [0.29, 0.717) is 11.5 Å². The van der Waals surface area contributed by atoms with Crippen molar-refractivity contribution in [3.8, 4) is 0 Å². The topological polar surface area (TPSA) is 51.0 Å². The number of likely N-dealkylation sites (tertiary alicyclic amines) is 1. The number of hydrogen-bond donors (Lipinski definition) is 0. The second-order valence-corrected chi connectivity index (χ2v) is 6.50. The molecule has 0 saturated carbocycles. The van der Waals surface area contributed by atoms with Crippen molar-refractivity contribution in [3.63, 3.8) is 0 Å². The quantitative estimate of drug-likeness (QED) is 0.745. The number of aryl methyl sites for hydroxylation is 1. The molecule has 24 heavy (non-hydrogen) atoms. The second-order valence-electron chi connectivity index (χ2n) is 6.50. The minimum atomic E-state index is 0.0881. The number of carbonyl (C=O) groups is 1. The third-order valence-corrected chi connectivity index (χ3v) is 4.77. The minimum Gasteiger partial charge on any atom is -0.338 e. The Labute approximate surface area is 140 Å². The molecule has 1 saturated heterocycles. The molecule has 0 spiro atoms. The maximum Gasteiger partial charge on any atom is 0.257 e. The molecule has 5 heteroatoms. The first-order valence-electron chi connectivity index (χ1n) is 8.31. The molecule has 1 aliphatic rings. The van der Waals surface area contributed by atoms with Gasteiger partial charge < -0.3 is 4.90 Å². The molecule has 0 N–H and O–H groups in total. The fraction of sp³-hybridized carbons (Fsp3) is 0.316. The van der Waals surface area contributed by atoms with Crippen LogP contribution < -0.4 is 0 Å². The molecule has 0 radical (unpaired) electrons. The summed E-state index contributed by atoms with van der Waals surface area (Å²) in [5.74, 6) is 0.585. The lowest BCUT2D eigenvalue weighted by Crippen LogP contribution is -2.28. The van der Waals surface area contributed by atoms with Crippen molar-refractivity contribution < 1.29 is 4.79 Å². The summed E-state index contributed by atoms with van der Waals surface area (Å²) >= 11 is 0. The van der Waals surface area contributed by atoms with Gasteiger partial charge in [-0.3, -0.25) is 14.5 Å². The van der Waals surface area contributed by atoms with E-state index in [1.165, 1.54) is 10.9 Å². The Bertz CT molecular complexity index is 880. The molecule has 2 aromatic heterocycles. The summed E-state index contributed by atoms with van der Waals surface area (Å²) in [6.07, 6.45) is 7.29. The summed E-state index contributed by atoms with van der Waals surface area (Å²) in [5, 5.41) is 5.31. The molecule has 3 aromatic rings. The summed E-state index contributed by atoms with van der Waals surface area (Å²) in [4.78, 5) is 18.9. The highest BCUT2D eigenvalue weighted by molar-refractivity contribution is 5.93. The first kappa shape index (κ1) is 14.9. The summed E-state index contributed by atoms with van der Waals surface area (Å²) < 4.78 is 1.67. The van der Waals surface area contributed by atoms with Gasteiger partial charge in [-0.25, -0.2) is 0 Å². The van der Waals surface area contributed by atoms with Gasteiger partial charge in [0.25, 0.3) is 5.91 Å². The monoisotopic (exact) mass is 320 g/mol. The molecule has 1 amide bonds. The molecule has 1 unspecified atom stereocenters. The first-order chi connectivity index (χ1) is 11.7. The van der Waals surface area contributed by atoms with Gasteiger partial charge in [0.1, 0.15) is 0 Å². The summed E-state index contributed by atoms with van der Waals surface area (Å²) in [6.45, 7) is 1.63. The molecule has 1 aliphatic heterocycles. The lowest BCUT2D eigenvalue weighted by molar-refractivity contribution is 0.0787. The molecule has 1 fully saturated rings. The van der Waals surface area contributed by atoms with Crippen molar-refractivity contribution in [2.24, 2.45) is 13.0 Å². The Kier molecular flexibility index (Phi) is 3.76.